The molecule has 1 aromatic rings. The average Bonchev–Trinajstić information content (AvgIpc) is 2.31. The van der Waals surface area contributed by atoms with E-state index in [4.69, 9.17) is 0 Å². The predicted molar refractivity (Wildman–Crippen MR) is 64.8 cm³/mol. The summed E-state index contributed by atoms with van der Waals surface area (Å²) in [7, 11) is 2.63. The zero-order valence-corrected chi connectivity index (χ0v) is 10.4. The number of thiol groups is 1. The molecule has 0 aliphatic carbocycles. The molecule has 0 aliphatic rings. The molecule has 0 fully saturated rings. The zero-order chi connectivity index (χ0) is 13.0. The smallest absolute Gasteiger partial charge is 0.227 e. The van der Waals surface area contributed by atoms with Crippen LogP contribution in [0.2, 0.25) is 0 Å². The van der Waals surface area contributed by atoms with Crippen LogP contribution in [-0.2, 0) is 4.79 Å². The minimum atomic E-state index is -0.713. The third-order valence-electron chi connectivity index (χ3n) is 2.28. The number of rotatable bonds is 4. The van der Waals surface area contributed by atoms with Crippen LogP contribution in [0.3, 0.4) is 0 Å². The summed E-state index contributed by atoms with van der Waals surface area (Å²) in [5.74, 6) is -1.60. The van der Waals surface area contributed by atoms with E-state index in [9.17, 15) is 13.6 Å². The average molecular weight is 261 g/mol. The third kappa shape index (κ3) is 3.09. The topological polar surface area (TPSA) is 29.5 Å². The molecular formula is C11H13F2NO2S. The van der Waals surface area contributed by atoms with Gasteiger partial charge >= 0.3 is 0 Å². The van der Waals surface area contributed by atoms with Crippen molar-refractivity contribution in [3.05, 3.63) is 23.8 Å². The van der Waals surface area contributed by atoms with Crippen LogP contribution in [0, 0.1) is 11.6 Å². The normalized spacial score (nSPS) is 10.2. The van der Waals surface area contributed by atoms with Crippen molar-refractivity contribution in [2.24, 2.45) is 0 Å². The van der Waals surface area contributed by atoms with Gasteiger partial charge in [-0.3, -0.25) is 4.79 Å². The van der Waals surface area contributed by atoms with Gasteiger partial charge in [0.15, 0.2) is 17.4 Å². The van der Waals surface area contributed by atoms with Crippen molar-refractivity contribution in [2.45, 2.75) is 6.42 Å². The van der Waals surface area contributed by atoms with Crippen LogP contribution >= 0.6 is 12.6 Å². The van der Waals surface area contributed by atoms with Gasteiger partial charge in [0.05, 0.1) is 12.8 Å². The molecule has 0 aromatic heterocycles. The first-order valence-corrected chi connectivity index (χ1v) is 5.55. The first kappa shape index (κ1) is 13.8. The molecule has 0 atom stereocenters. The van der Waals surface area contributed by atoms with E-state index in [0.29, 0.717) is 5.75 Å². The largest absolute Gasteiger partial charge is 0.494 e. The van der Waals surface area contributed by atoms with E-state index >= 15 is 0 Å². The Morgan fingerprint density at radius 3 is 2.59 bits per heavy atom. The molecule has 6 heteroatoms. The van der Waals surface area contributed by atoms with Crippen LogP contribution in [0.15, 0.2) is 12.1 Å². The maximum atomic E-state index is 13.6. The van der Waals surface area contributed by atoms with E-state index < -0.39 is 11.6 Å². The van der Waals surface area contributed by atoms with E-state index in [-0.39, 0.29) is 23.8 Å². The monoisotopic (exact) mass is 261 g/mol. The van der Waals surface area contributed by atoms with Crippen molar-refractivity contribution < 1.29 is 18.3 Å². The fourth-order valence-corrected chi connectivity index (χ4v) is 1.52. The zero-order valence-electron chi connectivity index (χ0n) is 9.54. The molecule has 1 amide bonds. The summed E-state index contributed by atoms with van der Waals surface area (Å²) in [5.41, 5.74) is -0.116. The van der Waals surface area contributed by atoms with E-state index in [0.717, 1.165) is 17.0 Å². The van der Waals surface area contributed by atoms with Gasteiger partial charge in [-0.1, -0.05) is 0 Å². The Morgan fingerprint density at radius 1 is 1.41 bits per heavy atom. The molecule has 17 heavy (non-hydrogen) atoms. The Hall–Kier alpha value is -1.30. The molecule has 0 spiro atoms. The highest BCUT2D eigenvalue weighted by molar-refractivity contribution is 7.80. The second-order valence-corrected chi connectivity index (χ2v) is 3.81. The fourth-order valence-electron chi connectivity index (χ4n) is 1.33. The van der Waals surface area contributed by atoms with Crippen molar-refractivity contribution in [2.75, 3.05) is 24.8 Å². The number of benzene rings is 1. The van der Waals surface area contributed by atoms with Gasteiger partial charge in [0.1, 0.15) is 0 Å². The number of methoxy groups -OCH3 is 1. The summed E-state index contributed by atoms with van der Waals surface area (Å²) >= 11 is 3.91. The summed E-state index contributed by atoms with van der Waals surface area (Å²) in [6.45, 7) is 0. The van der Waals surface area contributed by atoms with Gasteiger partial charge in [-0.2, -0.15) is 12.6 Å². The van der Waals surface area contributed by atoms with Crippen molar-refractivity contribution in [1.29, 1.82) is 0 Å². The molecule has 0 saturated heterocycles. The van der Waals surface area contributed by atoms with Crippen molar-refractivity contribution in [3.8, 4) is 5.75 Å². The lowest BCUT2D eigenvalue weighted by molar-refractivity contribution is -0.117. The second kappa shape index (κ2) is 5.86. The number of carbonyl (C=O) groups excluding carboxylic acids is 1. The first-order valence-electron chi connectivity index (χ1n) is 4.91. The molecule has 3 nitrogen and oxygen atoms in total. The highest BCUT2D eigenvalue weighted by Crippen LogP contribution is 2.27. The number of ether oxygens (including phenoxy) is 1. The van der Waals surface area contributed by atoms with E-state index in [1.807, 2.05) is 0 Å². The van der Waals surface area contributed by atoms with Crippen molar-refractivity contribution in [3.63, 3.8) is 0 Å². The molecule has 0 heterocycles. The maximum absolute atomic E-state index is 13.6. The summed E-state index contributed by atoms with van der Waals surface area (Å²) in [6.07, 6.45) is 0.159. The maximum Gasteiger partial charge on any atom is 0.227 e. The highest BCUT2D eigenvalue weighted by Gasteiger charge is 2.17. The van der Waals surface area contributed by atoms with Gasteiger partial charge in [0.2, 0.25) is 5.91 Å². The number of hydrogen-bond acceptors (Lipinski definition) is 3. The van der Waals surface area contributed by atoms with Gasteiger partial charge in [-0.05, 0) is 5.75 Å². The van der Waals surface area contributed by atoms with Gasteiger partial charge in [-0.15, -0.1) is 0 Å². The molecule has 0 saturated carbocycles. The van der Waals surface area contributed by atoms with Crippen LogP contribution in [0.5, 0.6) is 5.75 Å². The lowest BCUT2D eigenvalue weighted by Crippen LogP contribution is -2.27. The molecule has 0 N–H and O–H groups in total. The fraction of sp³-hybridized carbons (Fsp3) is 0.364. The Balaban J connectivity index is 3.06. The molecular weight excluding hydrogens is 248 g/mol. The Kier molecular flexibility index (Phi) is 4.74. The van der Waals surface area contributed by atoms with Gasteiger partial charge in [-0.25, -0.2) is 8.78 Å². The van der Waals surface area contributed by atoms with Crippen LogP contribution < -0.4 is 9.64 Å². The number of amides is 1. The van der Waals surface area contributed by atoms with Gasteiger partial charge in [0.25, 0.3) is 0 Å². The van der Waals surface area contributed by atoms with Gasteiger partial charge < -0.3 is 9.64 Å². The van der Waals surface area contributed by atoms with Crippen molar-refractivity contribution >= 4 is 24.2 Å². The lowest BCUT2D eigenvalue weighted by atomic mass is 10.2. The number of carbonyl (C=O) groups is 1. The van der Waals surface area contributed by atoms with E-state index in [1.165, 1.54) is 14.2 Å². The summed E-state index contributed by atoms with van der Waals surface area (Å²) < 4.78 is 31.6. The summed E-state index contributed by atoms with van der Waals surface area (Å²) in [6, 6.07) is 1.85. The van der Waals surface area contributed by atoms with Crippen LogP contribution in [0.1, 0.15) is 6.42 Å². The molecule has 1 rings (SSSR count). The summed E-state index contributed by atoms with van der Waals surface area (Å²) in [4.78, 5) is 12.6. The number of nitrogens with zero attached hydrogens (tertiary/aromatic N) is 1. The second-order valence-electron chi connectivity index (χ2n) is 3.36. The molecule has 0 bridgehead atoms. The highest BCUT2D eigenvalue weighted by atomic mass is 32.1. The number of hydrogen-bond donors (Lipinski definition) is 1. The molecule has 0 unspecified atom stereocenters. The Bertz CT molecular complexity index is 426. The minimum absolute atomic E-state index is 0.116. The molecule has 1 aromatic carbocycles. The molecule has 0 aliphatic heterocycles. The van der Waals surface area contributed by atoms with Crippen LogP contribution in [0.4, 0.5) is 14.5 Å². The summed E-state index contributed by atoms with van der Waals surface area (Å²) in [5, 5.41) is 0. The minimum Gasteiger partial charge on any atom is -0.494 e. The Morgan fingerprint density at radius 2 is 2.06 bits per heavy atom. The third-order valence-corrected chi connectivity index (χ3v) is 2.51. The quantitative estimate of drug-likeness (QED) is 0.842. The Labute approximate surface area is 104 Å². The van der Waals surface area contributed by atoms with Crippen LogP contribution in [-0.4, -0.2) is 25.8 Å². The predicted octanol–water partition coefficient (Wildman–Crippen LogP) is 2.26. The molecule has 0 radical (unpaired) electrons. The number of anilines is 1. The molecule has 94 valence electrons. The van der Waals surface area contributed by atoms with E-state index in [1.54, 1.807) is 0 Å². The van der Waals surface area contributed by atoms with Crippen LogP contribution in [0.25, 0.3) is 0 Å². The number of halogens is 2. The lowest BCUT2D eigenvalue weighted by Gasteiger charge is -2.18. The SMILES string of the molecule is COc1cc(F)c(N(C)C(=O)CCS)cc1F. The van der Waals surface area contributed by atoms with Gasteiger partial charge in [0, 0.05) is 25.6 Å². The van der Waals surface area contributed by atoms with E-state index in [2.05, 4.69) is 17.4 Å². The van der Waals surface area contributed by atoms with Crippen molar-refractivity contribution in [1.82, 2.24) is 0 Å². The standard InChI is InChI=1S/C11H13F2NO2S/c1-14(11(15)3-4-17)9-5-8(13)10(16-2)6-7(9)12/h5-6,17H,3-4H2,1-2H3. The first-order chi connectivity index (χ1) is 8.01.